The predicted octanol–water partition coefficient (Wildman–Crippen LogP) is 2.87. The Morgan fingerprint density at radius 2 is 1.86 bits per heavy atom. The third-order valence-corrected chi connectivity index (χ3v) is 5.12. The van der Waals surface area contributed by atoms with E-state index in [0.29, 0.717) is 13.9 Å². The molecule has 6 nitrogen and oxygen atoms in total. The van der Waals surface area contributed by atoms with E-state index in [1.54, 1.807) is 6.07 Å². The van der Waals surface area contributed by atoms with Crippen molar-refractivity contribution in [2.24, 2.45) is 0 Å². The number of nitrogens with zero attached hydrogens (tertiary/aromatic N) is 6. The first-order valence-corrected chi connectivity index (χ1v) is 8.18. The summed E-state index contributed by atoms with van der Waals surface area (Å²) in [4.78, 5) is 0. The molecule has 0 radical (unpaired) electrons. The number of aromatic nitrogens is 6. The van der Waals surface area contributed by atoms with Gasteiger partial charge in [0.2, 0.25) is 0 Å². The van der Waals surface area contributed by atoms with Gasteiger partial charge in [0.15, 0.2) is 14.3 Å². The fourth-order valence-electron chi connectivity index (χ4n) is 1.41. The second-order valence-electron chi connectivity index (χ2n) is 3.60. The van der Waals surface area contributed by atoms with Crippen LogP contribution in [0, 0.1) is 0 Å². The van der Waals surface area contributed by atoms with E-state index in [-0.39, 0.29) is 5.65 Å². The van der Waals surface area contributed by atoms with Crippen molar-refractivity contribution in [3.8, 4) is 0 Å². The maximum Gasteiger partial charge on any atom is 0.453 e. The molecule has 0 spiro atoms. The lowest BCUT2D eigenvalue weighted by molar-refractivity contribution is -0.146. The molecular formula is C9H5F3N6S3. The van der Waals surface area contributed by atoms with Crippen LogP contribution in [0.3, 0.4) is 0 Å². The third kappa shape index (κ3) is 2.96. The third-order valence-electron chi connectivity index (χ3n) is 2.25. The fourth-order valence-corrected chi connectivity index (χ4v) is 3.76. The Morgan fingerprint density at radius 3 is 2.52 bits per heavy atom. The molecule has 0 saturated heterocycles. The van der Waals surface area contributed by atoms with Crippen molar-refractivity contribution in [1.29, 1.82) is 0 Å². The molecule has 0 atom stereocenters. The average Bonchev–Trinajstić information content (AvgIpc) is 3.03. The molecule has 0 aromatic carbocycles. The lowest BCUT2D eigenvalue weighted by Crippen LogP contribution is -2.12. The van der Waals surface area contributed by atoms with E-state index in [1.165, 1.54) is 29.2 Å². The van der Waals surface area contributed by atoms with Crippen molar-refractivity contribution >= 4 is 40.5 Å². The number of thioether (sulfide) groups is 1. The molecule has 0 aliphatic carbocycles. The Bertz CT molecular complexity index is 782. The standard InChI is InChI=1S/C9H5F3N6S3/c1-19-7-15-16-8(21-7)20-5-3-2-4-13-14-6(9(10,11)12)18(4)17-5/h2-3H,1H3. The molecule has 0 bridgehead atoms. The van der Waals surface area contributed by atoms with Crippen LogP contribution in [0.15, 0.2) is 25.8 Å². The van der Waals surface area contributed by atoms with E-state index in [4.69, 9.17) is 0 Å². The van der Waals surface area contributed by atoms with Crippen LogP contribution in [-0.2, 0) is 6.18 Å². The van der Waals surface area contributed by atoms with Crippen molar-refractivity contribution in [2.45, 2.75) is 19.9 Å². The summed E-state index contributed by atoms with van der Waals surface area (Å²) in [6.07, 6.45) is -2.74. The average molecular weight is 350 g/mol. The van der Waals surface area contributed by atoms with E-state index < -0.39 is 12.0 Å². The molecule has 0 amide bonds. The zero-order chi connectivity index (χ0) is 15.0. The number of fused-ring (bicyclic) bond motifs is 1. The molecule has 0 fully saturated rings. The Morgan fingerprint density at radius 1 is 1.10 bits per heavy atom. The van der Waals surface area contributed by atoms with Gasteiger partial charge in [0.05, 0.1) is 0 Å². The van der Waals surface area contributed by atoms with Gasteiger partial charge in [-0.15, -0.1) is 20.4 Å². The second kappa shape index (κ2) is 5.42. The highest BCUT2D eigenvalue weighted by atomic mass is 32.2. The summed E-state index contributed by atoms with van der Waals surface area (Å²) in [5, 5.41) is 18.7. The van der Waals surface area contributed by atoms with Crippen LogP contribution < -0.4 is 0 Å². The number of halogens is 3. The normalized spacial score (nSPS) is 12.2. The summed E-state index contributed by atoms with van der Waals surface area (Å²) in [6, 6.07) is 2.99. The zero-order valence-corrected chi connectivity index (χ0v) is 12.6. The smallest absolute Gasteiger partial charge is 0.188 e. The Balaban J connectivity index is 1.96. The van der Waals surface area contributed by atoms with Crippen LogP contribution in [0.4, 0.5) is 13.2 Å². The van der Waals surface area contributed by atoms with Crippen molar-refractivity contribution in [1.82, 2.24) is 30.0 Å². The Hall–Kier alpha value is -1.40. The van der Waals surface area contributed by atoms with Crippen LogP contribution >= 0.6 is 34.9 Å². The van der Waals surface area contributed by atoms with Gasteiger partial charge >= 0.3 is 6.18 Å². The zero-order valence-electron chi connectivity index (χ0n) is 10.2. The first-order chi connectivity index (χ1) is 9.97. The number of hydrogen-bond donors (Lipinski definition) is 0. The highest BCUT2D eigenvalue weighted by Gasteiger charge is 2.37. The molecule has 12 heteroatoms. The summed E-state index contributed by atoms with van der Waals surface area (Å²) < 4.78 is 40.4. The van der Waals surface area contributed by atoms with E-state index >= 15 is 0 Å². The lowest BCUT2D eigenvalue weighted by atomic mass is 10.5. The van der Waals surface area contributed by atoms with Crippen molar-refractivity contribution < 1.29 is 13.2 Å². The van der Waals surface area contributed by atoms with Gasteiger partial charge in [0.25, 0.3) is 5.82 Å². The maximum absolute atomic E-state index is 12.8. The Kier molecular flexibility index (Phi) is 3.75. The molecule has 21 heavy (non-hydrogen) atoms. The monoisotopic (exact) mass is 350 g/mol. The first-order valence-electron chi connectivity index (χ1n) is 5.32. The van der Waals surface area contributed by atoms with Crippen molar-refractivity contribution in [2.75, 3.05) is 6.26 Å². The van der Waals surface area contributed by atoms with Crippen LogP contribution in [0.25, 0.3) is 5.65 Å². The van der Waals surface area contributed by atoms with E-state index in [2.05, 4.69) is 25.5 Å². The molecular weight excluding hydrogens is 345 g/mol. The summed E-state index contributed by atoms with van der Waals surface area (Å²) in [5.74, 6) is -1.15. The maximum atomic E-state index is 12.8. The van der Waals surface area contributed by atoms with Crippen LogP contribution in [0.1, 0.15) is 5.82 Å². The van der Waals surface area contributed by atoms with Gasteiger partial charge in [-0.2, -0.15) is 22.8 Å². The van der Waals surface area contributed by atoms with E-state index in [1.807, 2.05) is 6.26 Å². The molecule has 110 valence electrons. The summed E-state index contributed by atoms with van der Waals surface area (Å²) in [7, 11) is 0. The minimum Gasteiger partial charge on any atom is -0.188 e. The van der Waals surface area contributed by atoms with Crippen molar-refractivity contribution in [3.05, 3.63) is 18.0 Å². The van der Waals surface area contributed by atoms with E-state index in [9.17, 15) is 13.2 Å². The SMILES string of the molecule is CSc1nnc(Sc2ccc3nnc(C(F)(F)F)n3n2)s1. The van der Waals surface area contributed by atoms with Crippen molar-refractivity contribution in [3.63, 3.8) is 0 Å². The predicted molar refractivity (Wildman–Crippen MR) is 71.6 cm³/mol. The first kappa shape index (κ1) is 14.5. The van der Waals surface area contributed by atoms with Gasteiger partial charge in [0, 0.05) is 0 Å². The quantitative estimate of drug-likeness (QED) is 0.673. The Labute approximate surface area is 128 Å². The summed E-state index contributed by atoms with van der Waals surface area (Å²) >= 11 is 3.93. The van der Waals surface area contributed by atoms with Gasteiger partial charge < -0.3 is 0 Å². The van der Waals surface area contributed by atoms with Gasteiger partial charge in [-0.05, 0) is 30.2 Å². The highest BCUT2D eigenvalue weighted by Crippen LogP contribution is 2.32. The molecule has 0 N–H and O–H groups in total. The fraction of sp³-hybridized carbons (Fsp3) is 0.222. The summed E-state index contributed by atoms with van der Waals surface area (Å²) in [6.45, 7) is 0. The minimum absolute atomic E-state index is 0.0359. The summed E-state index contributed by atoms with van der Waals surface area (Å²) in [5.41, 5.74) is 0.0359. The second-order valence-corrected chi connectivity index (χ2v) is 6.90. The van der Waals surface area contributed by atoms with Crippen LogP contribution in [-0.4, -0.2) is 36.3 Å². The highest BCUT2D eigenvalue weighted by molar-refractivity contribution is 8.02. The van der Waals surface area contributed by atoms with Crippen LogP contribution in [0.2, 0.25) is 0 Å². The molecule has 0 aliphatic heterocycles. The molecule has 3 heterocycles. The van der Waals surface area contributed by atoms with Gasteiger partial charge in [-0.3, -0.25) is 0 Å². The minimum atomic E-state index is -4.61. The number of rotatable bonds is 3. The van der Waals surface area contributed by atoms with E-state index in [0.717, 1.165) is 16.1 Å². The molecule has 0 aliphatic rings. The molecule has 3 aromatic heterocycles. The lowest BCUT2D eigenvalue weighted by Gasteiger charge is -2.03. The largest absolute Gasteiger partial charge is 0.453 e. The molecule has 3 rings (SSSR count). The van der Waals surface area contributed by atoms with Gasteiger partial charge in [-0.25, -0.2) is 0 Å². The molecule has 0 saturated carbocycles. The van der Waals surface area contributed by atoms with Gasteiger partial charge in [0.1, 0.15) is 5.03 Å². The number of alkyl halides is 3. The van der Waals surface area contributed by atoms with Crippen LogP contribution in [0.5, 0.6) is 0 Å². The van der Waals surface area contributed by atoms with Gasteiger partial charge in [-0.1, -0.05) is 23.1 Å². The topological polar surface area (TPSA) is 68.9 Å². The molecule has 3 aromatic rings. The molecule has 0 unspecified atom stereocenters. The number of hydrogen-bond acceptors (Lipinski definition) is 8.